The van der Waals surface area contributed by atoms with Gasteiger partial charge in [0.2, 0.25) is 17.8 Å². The van der Waals surface area contributed by atoms with Crippen LogP contribution >= 0.6 is 0 Å². The maximum atomic E-state index is 4.57. The average Bonchev–Trinajstić information content (AvgIpc) is 2.41. The summed E-state index contributed by atoms with van der Waals surface area (Å²) in [5.74, 6) is 2.09. The van der Waals surface area contributed by atoms with Gasteiger partial charge in [-0.2, -0.15) is 15.0 Å². The van der Waals surface area contributed by atoms with Crippen molar-refractivity contribution in [3.05, 3.63) is 0 Å². The highest BCUT2D eigenvalue weighted by Crippen LogP contribution is 2.17. The molecule has 1 rings (SSSR count). The average molecular weight is 280 g/mol. The second kappa shape index (κ2) is 7.87. The van der Waals surface area contributed by atoms with Crippen LogP contribution in [0, 0.1) is 0 Å². The van der Waals surface area contributed by atoms with Crippen LogP contribution in [0.4, 0.5) is 17.8 Å². The van der Waals surface area contributed by atoms with Crippen molar-refractivity contribution >= 4 is 17.8 Å². The first-order chi connectivity index (χ1) is 9.49. The number of nitrogens with zero attached hydrogens (tertiary/aromatic N) is 5. The van der Waals surface area contributed by atoms with E-state index in [9.17, 15) is 0 Å². The fourth-order valence-electron chi connectivity index (χ4n) is 1.83. The summed E-state index contributed by atoms with van der Waals surface area (Å²) in [5.41, 5.74) is 0. The van der Waals surface area contributed by atoms with Crippen molar-refractivity contribution in [1.29, 1.82) is 0 Å². The maximum absolute atomic E-state index is 4.57. The summed E-state index contributed by atoms with van der Waals surface area (Å²) in [6, 6.07) is 0.367. The van der Waals surface area contributed by atoms with E-state index in [0.29, 0.717) is 17.9 Å². The number of hydrogen-bond donors (Lipinski definition) is 1. The minimum Gasteiger partial charge on any atom is -0.354 e. The highest BCUT2D eigenvalue weighted by atomic mass is 15.4. The molecular weight excluding hydrogens is 252 g/mol. The van der Waals surface area contributed by atoms with Crippen molar-refractivity contribution in [2.45, 2.75) is 46.6 Å². The molecular formula is C14H28N6. The Labute approximate surface area is 122 Å². The Kier molecular flexibility index (Phi) is 6.48. The van der Waals surface area contributed by atoms with Crippen LogP contribution in [0.25, 0.3) is 0 Å². The van der Waals surface area contributed by atoms with E-state index in [4.69, 9.17) is 0 Å². The molecule has 0 saturated carbocycles. The van der Waals surface area contributed by atoms with Crippen LogP contribution in [0.5, 0.6) is 0 Å². The summed E-state index contributed by atoms with van der Waals surface area (Å²) < 4.78 is 0. The van der Waals surface area contributed by atoms with E-state index >= 15 is 0 Å². The van der Waals surface area contributed by atoms with Crippen molar-refractivity contribution in [3.63, 3.8) is 0 Å². The maximum Gasteiger partial charge on any atom is 0.232 e. The van der Waals surface area contributed by atoms with E-state index in [2.05, 4.69) is 52.9 Å². The normalized spacial score (nSPS) is 10.8. The third kappa shape index (κ3) is 4.51. The van der Waals surface area contributed by atoms with Crippen LogP contribution < -0.4 is 15.1 Å². The van der Waals surface area contributed by atoms with Crippen LogP contribution in [0.15, 0.2) is 0 Å². The largest absolute Gasteiger partial charge is 0.354 e. The van der Waals surface area contributed by atoms with Gasteiger partial charge in [-0.05, 0) is 26.7 Å². The Morgan fingerprint density at radius 3 is 2.15 bits per heavy atom. The molecule has 1 heterocycles. The quantitative estimate of drug-likeness (QED) is 0.789. The van der Waals surface area contributed by atoms with E-state index in [-0.39, 0.29) is 0 Å². The number of rotatable bonds is 8. The highest BCUT2D eigenvalue weighted by molar-refractivity contribution is 5.45. The number of nitrogens with one attached hydrogen (secondary N) is 1. The minimum absolute atomic E-state index is 0.367. The van der Waals surface area contributed by atoms with Crippen LogP contribution in [0.1, 0.15) is 40.5 Å². The summed E-state index contributed by atoms with van der Waals surface area (Å²) in [6.45, 7) is 10.4. The molecule has 6 heteroatoms. The van der Waals surface area contributed by atoms with Gasteiger partial charge in [0.1, 0.15) is 0 Å². The predicted molar refractivity (Wildman–Crippen MR) is 85.7 cm³/mol. The smallest absolute Gasteiger partial charge is 0.232 e. The van der Waals surface area contributed by atoms with E-state index in [1.807, 2.05) is 19.0 Å². The van der Waals surface area contributed by atoms with Gasteiger partial charge in [0, 0.05) is 33.2 Å². The summed E-state index contributed by atoms with van der Waals surface area (Å²) >= 11 is 0. The molecule has 1 N–H and O–H groups in total. The van der Waals surface area contributed by atoms with Gasteiger partial charge in [0.15, 0.2) is 0 Å². The molecule has 1 aromatic rings. The van der Waals surface area contributed by atoms with Crippen LogP contribution in [-0.4, -0.2) is 48.2 Å². The lowest BCUT2D eigenvalue weighted by atomic mass is 10.3. The molecule has 0 spiro atoms. The minimum atomic E-state index is 0.367. The molecule has 1 aromatic heterocycles. The van der Waals surface area contributed by atoms with Gasteiger partial charge in [-0.15, -0.1) is 0 Å². The molecule has 0 aromatic carbocycles. The molecule has 0 bridgehead atoms. The lowest BCUT2D eigenvalue weighted by Crippen LogP contribution is -2.34. The Bertz CT molecular complexity index is 405. The molecule has 0 aliphatic rings. The Hall–Kier alpha value is -1.59. The summed E-state index contributed by atoms with van der Waals surface area (Å²) in [5, 5.41) is 3.25. The zero-order valence-electron chi connectivity index (χ0n) is 13.6. The molecule has 6 nitrogen and oxygen atoms in total. The second-order valence-electron chi connectivity index (χ2n) is 5.37. The van der Waals surface area contributed by atoms with Gasteiger partial charge in [-0.1, -0.05) is 13.8 Å². The first kappa shape index (κ1) is 16.5. The topological polar surface area (TPSA) is 57.2 Å². The number of aromatic nitrogens is 3. The zero-order chi connectivity index (χ0) is 15.1. The number of hydrogen-bond acceptors (Lipinski definition) is 6. The summed E-state index contributed by atoms with van der Waals surface area (Å²) in [4.78, 5) is 17.7. The fourth-order valence-corrected chi connectivity index (χ4v) is 1.83. The Morgan fingerprint density at radius 2 is 1.65 bits per heavy atom. The summed E-state index contributed by atoms with van der Waals surface area (Å²) in [7, 11) is 3.89. The predicted octanol–water partition coefficient (Wildman–Crippen LogP) is 2.38. The monoisotopic (exact) mass is 280 g/mol. The van der Waals surface area contributed by atoms with Gasteiger partial charge in [-0.3, -0.25) is 0 Å². The van der Waals surface area contributed by atoms with E-state index in [1.54, 1.807) is 0 Å². The van der Waals surface area contributed by atoms with Gasteiger partial charge in [0.05, 0.1) is 0 Å². The first-order valence-corrected chi connectivity index (χ1v) is 7.43. The number of anilines is 3. The lowest BCUT2D eigenvalue weighted by molar-refractivity contribution is 0.649. The molecule has 0 aliphatic heterocycles. The van der Waals surface area contributed by atoms with Gasteiger partial charge < -0.3 is 15.1 Å². The van der Waals surface area contributed by atoms with Crippen molar-refractivity contribution in [3.8, 4) is 0 Å². The molecule has 0 radical (unpaired) electrons. The van der Waals surface area contributed by atoms with Crippen molar-refractivity contribution in [2.24, 2.45) is 0 Å². The van der Waals surface area contributed by atoms with Crippen molar-refractivity contribution in [1.82, 2.24) is 15.0 Å². The standard InChI is InChI=1S/C14H28N6/c1-7-9-15-12-16-13(19(5)6)18-14(17-12)20(10-8-2)11(3)4/h11H,7-10H2,1-6H3,(H,15,16,17,18). The Balaban J connectivity index is 3.11. The van der Waals surface area contributed by atoms with Crippen molar-refractivity contribution in [2.75, 3.05) is 42.3 Å². The van der Waals surface area contributed by atoms with Gasteiger partial charge >= 0.3 is 0 Å². The Morgan fingerprint density at radius 1 is 1.00 bits per heavy atom. The fraction of sp³-hybridized carbons (Fsp3) is 0.786. The lowest BCUT2D eigenvalue weighted by Gasteiger charge is -2.27. The highest BCUT2D eigenvalue weighted by Gasteiger charge is 2.16. The van der Waals surface area contributed by atoms with Gasteiger partial charge in [0.25, 0.3) is 0 Å². The third-order valence-electron chi connectivity index (χ3n) is 2.89. The van der Waals surface area contributed by atoms with Crippen LogP contribution in [0.2, 0.25) is 0 Å². The summed E-state index contributed by atoms with van der Waals surface area (Å²) in [6.07, 6.45) is 2.11. The molecule has 0 fully saturated rings. The van der Waals surface area contributed by atoms with Crippen molar-refractivity contribution < 1.29 is 0 Å². The molecule has 20 heavy (non-hydrogen) atoms. The molecule has 0 atom stereocenters. The molecule has 0 amide bonds. The molecule has 0 unspecified atom stereocenters. The first-order valence-electron chi connectivity index (χ1n) is 7.43. The SMILES string of the molecule is CCCNc1nc(N(C)C)nc(N(CCC)C(C)C)n1. The zero-order valence-corrected chi connectivity index (χ0v) is 13.6. The van der Waals surface area contributed by atoms with Crippen LogP contribution in [0.3, 0.4) is 0 Å². The molecule has 0 saturated heterocycles. The second-order valence-corrected chi connectivity index (χ2v) is 5.37. The molecule has 114 valence electrons. The third-order valence-corrected chi connectivity index (χ3v) is 2.89. The van der Waals surface area contributed by atoms with Crippen LogP contribution in [-0.2, 0) is 0 Å². The molecule has 0 aliphatic carbocycles. The van der Waals surface area contributed by atoms with Gasteiger partial charge in [-0.25, -0.2) is 0 Å². The van der Waals surface area contributed by atoms with E-state index in [0.717, 1.165) is 31.9 Å². The van der Waals surface area contributed by atoms with E-state index in [1.165, 1.54) is 0 Å². The van der Waals surface area contributed by atoms with E-state index < -0.39 is 0 Å².